The Morgan fingerprint density at radius 2 is 1.80 bits per heavy atom. The number of nitrogens with one attached hydrogen (secondary N) is 2. The lowest BCUT2D eigenvalue weighted by Gasteiger charge is -2.11. The number of benzene rings is 2. The maximum absolute atomic E-state index is 12.7. The topological polar surface area (TPSA) is 80.4 Å². The van der Waals surface area contributed by atoms with Crippen LogP contribution in [0.1, 0.15) is 16.8 Å². The molecule has 3 aromatic rings. The zero-order valence-electron chi connectivity index (χ0n) is 13.4. The van der Waals surface area contributed by atoms with E-state index in [0.29, 0.717) is 46.9 Å². The third-order valence-corrected chi connectivity index (χ3v) is 4.00. The van der Waals surface area contributed by atoms with Crippen molar-refractivity contribution in [2.75, 3.05) is 18.5 Å². The molecule has 0 aliphatic carbocycles. The summed E-state index contributed by atoms with van der Waals surface area (Å²) in [5.74, 6) is 0.917. The summed E-state index contributed by atoms with van der Waals surface area (Å²) in [6.07, 6.45) is 0.815. The number of anilines is 1. The Labute approximate surface area is 143 Å². The fraction of sp³-hybridized carbons (Fsp3) is 0.158. The van der Waals surface area contributed by atoms with Gasteiger partial charge in [-0.1, -0.05) is 18.2 Å². The second-order valence-electron chi connectivity index (χ2n) is 5.76. The van der Waals surface area contributed by atoms with Crippen molar-refractivity contribution in [2.24, 2.45) is 0 Å². The Morgan fingerprint density at radius 3 is 2.68 bits per heavy atom. The molecule has 0 bridgehead atoms. The molecule has 1 aliphatic heterocycles. The quantitative estimate of drug-likeness (QED) is 0.754. The summed E-state index contributed by atoms with van der Waals surface area (Å²) in [6.45, 7) is 1.18. The highest BCUT2D eigenvalue weighted by Crippen LogP contribution is 2.32. The van der Waals surface area contributed by atoms with Gasteiger partial charge in [-0.15, -0.1) is 0 Å². The minimum absolute atomic E-state index is 0.317. The first-order valence-corrected chi connectivity index (χ1v) is 8.04. The summed E-state index contributed by atoms with van der Waals surface area (Å²) in [5.41, 5.74) is 1.21. The van der Waals surface area contributed by atoms with Crippen LogP contribution in [-0.4, -0.2) is 24.1 Å². The van der Waals surface area contributed by atoms with Crippen LogP contribution in [0.2, 0.25) is 0 Å². The van der Waals surface area contributed by atoms with Gasteiger partial charge in [-0.2, -0.15) is 0 Å². The van der Waals surface area contributed by atoms with E-state index in [-0.39, 0.29) is 11.5 Å². The van der Waals surface area contributed by atoms with E-state index in [4.69, 9.17) is 9.47 Å². The maximum atomic E-state index is 12.7. The first kappa shape index (κ1) is 15.3. The van der Waals surface area contributed by atoms with Crippen molar-refractivity contribution in [3.8, 4) is 11.5 Å². The fourth-order valence-corrected chi connectivity index (χ4v) is 2.83. The number of para-hydroxylation sites is 1. The molecule has 25 heavy (non-hydrogen) atoms. The molecule has 126 valence electrons. The van der Waals surface area contributed by atoms with Crippen LogP contribution < -0.4 is 20.3 Å². The zero-order chi connectivity index (χ0) is 17.2. The second kappa shape index (κ2) is 6.32. The number of rotatable bonds is 2. The van der Waals surface area contributed by atoms with Crippen LogP contribution in [0.15, 0.2) is 53.3 Å². The number of H-pyrrole nitrogens is 1. The third kappa shape index (κ3) is 3.06. The van der Waals surface area contributed by atoms with Gasteiger partial charge in [0.15, 0.2) is 11.5 Å². The molecular formula is C19H16N2O4. The molecule has 2 aromatic carbocycles. The van der Waals surface area contributed by atoms with E-state index >= 15 is 0 Å². The minimum Gasteiger partial charge on any atom is -0.490 e. The number of hydrogen-bond donors (Lipinski definition) is 2. The monoisotopic (exact) mass is 336 g/mol. The smallest absolute Gasteiger partial charge is 0.256 e. The van der Waals surface area contributed by atoms with Gasteiger partial charge in [0.25, 0.3) is 5.91 Å². The van der Waals surface area contributed by atoms with Gasteiger partial charge >= 0.3 is 0 Å². The summed E-state index contributed by atoms with van der Waals surface area (Å²) in [6, 6.07) is 13.8. The number of fused-ring (bicyclic) bond motifs is 2. The van der Waals surface area contributed by atoms with Gasteiger partial charge in [-0.25, -0.2) is 0 Å². The van der Waals surface area contributed by atoms with Crippen LogP contribution in [0.5, 0.6) is 11.5 Å². The number of aromatic amines is 1. The minimum atomic E-state index is -0.350. The first-order valence-electron chi connectivity index (χ1n) is 8.04. The molecule has 6 nitrogen and oxygen atoms in total. The lowest BCUT2D eigenvalue weighted by Crippen LogP contribution is -2.16. The summed E-state index contributed by atoms with van der Waals surface area (Å²) in [7, 11) is 0. The van der Waals surface area contributed by atoms with E-state index in [1.54, 1.807) is 30.3 Å². The van der Waals surface area contributed by atoms with Crippen LogP contribution in [0.3, 0.4) is 0 Å². The fourth-order valence-electron chi connectivity index (χ4n) is 2.83. The molecule has 0 spiro atoms. The molecule has 4 rings (SSSR count). The Balaban J connectivity index is 1.67. The Kier molecular flexibility index (Phi) is 3.85. The highest BCUT2D eigenvalue weighted by Gasteiger charge is 2.15. The molecule has 0 saturated carbocycles. The second-order valence-corrected chi connectivity index (χ2v) is 5.76. The summed E-state index contributed by atoms with van der Waals surface area (Å²) >= 11 is 0. The lowest BCUT2D eigenvalue weighted by molar-refractivity contribution is 0.102. The number of pyridine rings is 1. The molecule has 0 unspecified atom stereocenters. The molecule has 2 N–H and O–H groups in total. The Hall–Kier alpha value is -3.28. The molecule has 0 saturated heterocycles. The number of hydrogen-bond acceptors (Lipinski definition) is 4. The molecular weight excluding hydrogens is 320 g/mol. The zero-order valence-corrected chi connectivity index (χ0v) is 13.4. The number of carbonyl (C=O) groups is 1. The average molecular weight is 336 g/mol. The predicted molar refractivity (Wildman–Crippen MR) is 94.6 cm³/mol. The van der Waals surface area contributed by atoms with Gasteiger partial charge in [-0.05, 0) is 18.2 Å². The number of carbonyl (C=O) groups excluding carboxylic acids is 1. The normalized spacial score (nSPS) is 13.3. The predicted octanol–water partition coefficient (Wildman–Crippen LogP) is 2.94. The average Bonchev–Trinajstić information content (AvgIpc) is 2.85. The van der Waals surface area contributed by atoms with Gasteiger partial charge in [0.2, 0.25) is 5.56 Å². The van der Waals surface area contributed by atoms with Gasteiger partial charge in [0.1, 0.15) is 0 Å². The third-order valence-electron chi connectivity index (χ3n) is 4.00. The molecule has 0 atom stereocenters. The van der Waals surface area contributed by atoms with Crippen LogP contribution in [-0.2, 0) is 0 Å². The van der Waals surface area contributed by atoms with Crippen molar-refractivity contribution in [1.29, 1.82) is 0 Å². The Morgan fingerprint density at radius 1 is 1.00 bits per heavy atom. The van der Waals surface area contributed by atoms with Crippen molar-refractivity contribution in [1.82, 2.24) is 4.98 Å². The van der Waals surface area contributed by atoms with Gasteiger partial charge < -0.3 is 19.8 Å². The molecule has 1 aliphatic rings. The number of amides is 1. The van der Waals surface area contributed by atoms with Crippen LogP contribution >= 0.6 is 0 Å². The van der Waals surface area contributed by atoms with Crippen molar-refractivity contribution in [3.63, 3.8) is 0 Å². The van der Waals surface area contributed by atoms with Crippen LogP contribution in [0, 0.1) is 0 Å². The highest BCUT2D eigenvalue weighted by atomic mass is 16.5. The SMILES string of the molecule is O=C(Nc1ccc2c(c1)OCCCO2)c1cc(=O)[nH]c2ccccc12. The summed E-state index contributed by atoms with van der Waals surface area (Å²) in [4.78, 5) is 27.2. The van der Waals surface area contributed by atoms with Crippen molar-refractivity contribution in [2.45, 2.75) is 6.42 Å². The standard InChI is InChI=1S/C19H16N2O4/c22-18-11-14(13-4-1-2-5-15(13)21-18)19(23)20-12-6-7-16-17(10-12)25-9-3-8-24-16/h1-2,4-7,10-11H,3,8-9H2,(H,20,23)(H,21,22). The summed E-state index contributed by atoms with van der Waals surface area (Å²) < 4.78 is 11.2. The number of aromatic nitrogens is 1. The molecule has 1 aromatic heterocycles. The van der Waals surface area contributed by atoms with E-state index in [2.05, 4.69) is 10.3 Å². The molecule has 6 heteroatoms. The first-order chi connectivity index (χ1) is 12.2. The van der Waals surface area contributed by atoms with E-state index in [9.17, 15) is 9.59 Å². The van der Waals surface area contributed by atoms with E-state index in [0.717, 1.165) is 6.42 Å². The van der Waals surface area contributed by atoms with Crippen molar-refractivity contribution in [3.05, 3.63) is 64.4 Å². The van der Waals surface area contributed by atoms with Gasteiger partial charge in [-0.3, -0.25) is 9.59 Å². The Bertz CT molecular complexity index is 1010. The van der Waals surface area contributed by atoms with E-state index in [1.807, 2.05) is 12.1 Å². The number of ether oxygens (including phenoxy) is 2. The highest BCUT2D eigenvalue weighted by molar-refractivity contribution is 6.12. The van der Waals surface area contributed by atoms with E-state index < -0.39 is 0 Å². The maximum Gasteiger partial charge on any atom is 0.256 e. The molecule has 0 radical (unpaired) electrons. The van der Waals surface area contributed by atoms with Gasteiger partial charge in [0.05, 0.1) is 18.8 Å². The van der Waals surface area contributed by atoms with Gasteiger partial charge in [0, 0.05) is 35.1 Å². The van der Waals surface area contributed by atoms with Crippen LogP contribution in [0.4, 0.5) is 5.69 Å². The lowest BCUT2D eigenvalue weighted by atomic mass is 10.1. The van der Waals surface area contributed by atoms with E-state index in [1.165, 1.54) is 6.07 Å². The summed E-state index contributed by atoms with van der Waals surface area (Å²) in [5, 5.41) is 3.51. The van der Waals surface area contributed by atoms with Crippen molar-refractivity contribution >= 4 is 22.5 Å². The van der Waals surface area contributed by atoms with Crippen molar-refractivity contribution < 1.29 is 14.3 Å². The molecule has 2 heterocycles. The van der Waals surface area contributed by atoms with Crippen LogP contribution in [0.25, 0.3) is 10.9 Å². The largest absolute Gasteiger partial charge is 0.490 e. The molecule has 1 amide bonds. The molecule has 0 fully saturated rings.